The summed E-state index contributed by atoms with van der Waals surface area (Å²) in [6, 6.07) is 64.5. The van der Waals surface area contributed by atoms with Crippen molar-refractivity contribution in [3.63, 3.8) is 0 Å². The Morgan fingerprint density at radius 1 is 0.456 bits per heavy atom. The largest absolute Gasteiger partial charge is 0.277 e. The fourth-order valence-corrected chi connectivity index (χ4v) is 10.1. The Morgan fingerprint density at radius 3 is 1.61 bits per heavy atom. The summed E-state index contributed by atoms with van der Waals surface area (Å²) in [4.78, 5) is 18.5. The number of hydrogen-bond acceptors (Lipinski definition) is 5. The fraction of sp³-hybridized carbons (Fsp3) is 0.0577. The fourth-order valence-electron chi connectivity index (χ4n) is 8.81. The van der Waals surface area contributed by atoms with Crippen molar-refractivity contribution < 1.29 is 0 Å². The monoisotopic (exact) mass is 748 g/mol. The first-order chi connectivity index (χ1) is 28.0. The van der Waals surface area contributed by atoms with Crippen LogP contribution in [0.4, 0.5) is 17.3 Å². The van der Waals surface area contributed by atoms with Crippen LogP contribution in [0, 0.1) is 0 Å². The first kappa shape index (κ1) is 33.4. The molecular formula is C52H36N4S. The maximum absolute atomic E-state index is 5.46. The van der Waals surface area contributed by atoms with Gasteiger partial charge in [0.1, 0.15) is 0 Å². The minimum Gasteiger partial charge on any atom is -0.277 e. The van der Waals surface area contributed by atoms with E-state index >= 15 is 0 Å². The highest BCUT2D eigenvalue weighted by molar-refractivity contribution is 7.26. The number of hydrogen-bond donors (Lipinski definition) is 0. The second kappa shape index (κ2) is 13.1. The number of fused-ring (bicyclic) bond motifs is 9. The molecule has 57 heavy (non-hydrogen) atoms. The molecule has 0 saturated carbocycles. The summed E-state index contributed by atoms with van der Waals surface area (Å²) in [5.74, 6) is 1.83. The highest BCUT2D eigenvalue weighted by atomic mass is 32.1. The van der Waals surface area contributed by atoms with E-state index in [4.69, 9.17) is 15.0 Å². The average Bonchev–Trinajstić information content (AvgIpc) is 3.67. The van der Waals surface area contributed by atoms with Crippen molar-refractivity contribution in [3.8, 4) is 45.0 Å². The molecule has 270 valence electrons. The zero-order valence-electron chi connectivity index (χ0n) is 31.5. The molecule has 0 atom stereocenters. The molecule has 0 unspecified atom stereocenters. The molecule has 0 fully saturated rings. The standard InChI is InChI=1S/C52H36N4S/c1-52(2)42-28-12-13-29-43(42)56(47-46(52)40-26-10-9-25-39(40)45-41-27-11-14-30-44(41)57-48(45)47)51-54-49(37-23-15-21-35(31-37)33-17-5-3-6-18-33)53-50(55-51)38-24-16-22-36(32-38)34-19-7-4-8-20-34/h3-32H,1-2H3. The van der Waals surface area contributed by atoms with Crippen molar-refractivity contribution in [1.29, 1.82) is 0 Å². The molecule has 2 aromatic heterocycles. The second-order valence-corrected chi connectivity index (χ2v) is 16.3. The quantitative estimate of drug-likeness (QED) is 0.176. The van der Waals surface area contributed by atoms with Crippen LogP contribution in [0.25, 0.3) is 76.0 Å². The maximum Gasteiger partial charge on any atom is 0.238 e. The minimum absolute atomic E-state index is 0.320. The summed E-state index contributed by atoms with van der Waals surface area (Å²) in [6.45, 7) is 4.73. The van der Waals surface area contributed by atoms with Crippen LogP contribution in [-0.4, -0.2) is 15.0 Å². The molecule has 1 aliphatic heterocycles. The molecule has 3 heterocycles. The molecule has 4 nitrogen and oxygen atoms in total. The molecule has 5 heteroatoms. The van der Waals surface area contributed by atoms with Crippen LogP contribution < -0.4 is 4.90 Å². The first-order valence-electron chi connectivity index (χ1n) is 19.4. The minimum atomic E-state index is -0.320. The van der Waals surface area contributed by atoms with Crippen LogP contribution in [0.1, 0.15) is 25.0 Å². The van der Waals surface area contributed by atoms with Gasteiger partial charge in [-0.25, -0.2) is 4.98 Å². The molecule has 1 aliphatic rings. The average molecular weight is 749 g/mol. The number of nitrogens with zero attached hydrogens (tertiary/aromatic N) is 4. The summed E-state index contributed by atoms with van der Waals surface area (Å²) in [5, 5.41) is 5.05. The Balaban J connectivity index is 1.23. The van der Waals surface area contributed by atoms with Crippen LogP contribution >= 0.6 is 11.3 Å². The van der Waals surface area contributed by atoms with Gasteiger partial charge in [0.25, 0.3) is 0 Å². The van der Waals surface area contributed by atoms with Gasteiger partial charge in [-0.3, -0.25) is 4.90 Å². The van der Waals surface area contributed by atoms with E-state index in [-0.39, 0.29) is 5.41 Å². The highest BCUT2D eigenvalue weighted by Crippen LogP contribution is 2.58. The van der Waals surface area contributed by atoms with E-state index in [1.165, 1.54) is 42.1 Å². The zero-order chi connectivity index (χ0) is 38.1. The Kier molecular flexibility index (Phi) is 7.66. The van der Waals surface area contributed by atoms with Gasteiger partial charge in [0.05, 0.1) is 16.1 Å². The van der Waals surface area contributed by atoms with Gasteiger partial charge in [0.2, 0.25) is 5.95 Å². The van der Waals surface area contributed by atoms with E-state index in [2.05, 4.69) is 189 Å². The zero-order valence-corrected chi connectivity index (χ0v) is 32.3. The molecule has 11 rings (SSSR count). The summed E-state index contributed by atoms with van der Waals surface area (Å²) in [7, 11) is 0. The van der Waals surface area contributed by atoms with Gasteiger partial charge < -0.3 is 0 Å². The molecule has 0 spiro atoms. The lowest BCUT2D eigenvalue weighted by atomic mass is 9.71. The summed E-state index contributed by atoms with van der Waals surface area (Å²) in [5.41, 5.74) is 10.7. The molecule has 0 saturated heterocycles. The van der Waals surface area contributed by atoms with Crippen LogP contribution in [-0.2, 0) is 5.41 Å². The van der Waals surface area contributed by atoms with Gasteiger partial charge in [-0.1, -0.05) is 172 Å². The number of para-hydroxylation sites is 1. The van der Waals surface area contributed by atoms with E-state index in [0.29, 0.717) is 17.6 Å². The third-order valence-electron chi connectivity index (χ3n) is 11.5. The van der Waals surface area contributed by atoms with Crippen molar-refractivity contribution in [1.82, 2.24) is 15.0 Å². The Hall–Kier alpha value is -6.95. The number of benzene rings is 8. The van der Waals surface area contributed by atoms with Crippen LogP contribution in [0.15, 0.2) is 182 Å². The maximum atomic E-state index is 5.46. The highest BCUT2D eigenvalue weighted by Gasteiger charge is 2.41. The van der Waals surface area contributed by atoms with Crippen LogP contribution in [0.5, 0.6) is 0 Å². The Labute approximate surface area is 335 Å². The predicted octanol–water partition coefficient (Wildman–Crippen LogP) is 14.2. The van der Waals surface area contributed by atoms with Gasteiger partial charge >= 0.3 is 0 Å². The number of rotatable bonds is 5. The van der Waals surface area contributed by atoms with Crippen molar-refractivity contribution >= 4 is 59.6 Å². The summed E-state index contributed by atoms with van der Waals surface area (Å²) < 4.78 is 2.49. The SMILES string of the molecule is CC1(C)c2ccccc2N(c2nc(-c3cccc(-c4ccccc4)c3)nc(-c3cccc(-c4ccccc4)c3)n2)c2c1c1ccccc1c1c2sc2ccccc21. The summed E-state index contributed by atoms with van der Waals surface area (Å²) >= 11 is 1.85. The molecule has 0 N–H and O–H groups in total. The van der Waals surface area contributed by atoms with Gasteiger partial charge in [-0.2, -0.15) is 9.97 Å². The molecular weight excluding hydrogens is 713 g/mol. The van der Waals surface area contributed by atoms with E-state index in [1.54, 1.807) is 0 Å². The Bertz CT molecular complexity index is 3070. The third kappa shape index (κ3) is 5.38. The van der Waals surface area contributed by atoms with Crippen molar-refractivity contribution in [2.24, 2.45) is 0 Å². The van der Waals surface area contributed by atoms with Gasteiger partial charge in [0.15, 0.2) is 11.6 Å². The van der Waals surface area contributed by atoms with Crippen LogP contribution in [0.2, 0.25) is 0 Å². The Morgan fingerprint density at radius 2 is 0.965 bits per heavy atom. The normalized spacial score (nSPS) is 13.2. The van der Waals surface area contributed by atoms with E-state index < -0.39 is 0 Å². The topological polar surface area (TPSA) is 41.9 Å². The second-order valence-electron chi connectivity index (χ2n) is 15.2. The lowest BCUT2D eigenvalue weighted by Gasteiger charge is -2.42. The van der Waals surface area contributed by atoms with Crippen LogP contribution in [0.3, 0.4) is 0 Å². The smallest absolute Gasteiger partial charge is 0.238 e. The van der Waals surface area contributed by atoms with Gasteiger partial charge in [-0.05, 0) is 68.4 Å². The molecule has 10 aromatic rings. The van der Waals surface area contributed by atoms with Crippen molar-refractivity contribution in [2.45, 2.75) is 19.3 Å². The lowest BCUT2D eigenvalue weighted by Crippen LogP contribution is -2.32. The first-order valence-corrected chi connectivity index (χ1v) is 20.2. The lowest BCUT2D eigenvalue weighted by molar-refractivity contribution is 0.638. The predicted molar refractivity (Wildman–Crippen MR) is 239 cm³/mol. The molecule has 0 amide bonds. The van der Waals surface area contributed by atoms with E-state index in [1.807, 2.05) is 23.5 Å². The van der Waals surface area contributed by atoms with E-state index in [9.17, 15) is 0 Å². The third-order valence-corrected chi connectivity index (χ3v) is 12.6. The number of anilines is 3. The number of aromatic nitrogens is 3. The van der Waals surface area contributed by atoms with Crippen molar-refractivity contribution in [2.75, 3.05) is 4.90 Å². The summed E-state index contributed by atoms with van der Waals surface area (Å²) in [6.07, 6.45) is 0. The molecule has 0 radical (unpaired) electrons. The van der Waals surface area contributed by atoms with Gasteiger partial charge in [-0.15, -0.1) is 11.3 Å². The van der Waals surface area contributed by atoms with Crippen molar-refractivity contribution in [3.05, 3.63) is 193 Å². The number of thiophene rings is 1. The van der Waals surface area contributed by atoms with E-state index in [0.717, 1.165) is 44.8 Å². The van der Waals surface area contributed by atoms with Gasteiger partial charge in [0, 0.05) is 32.0 Å². The molecule has 0 bridgehead atoms. The molecule has 8 aromatic carbocycles. The molecule has 0 aliphatic carbocycles.